The van der Waals surface area contributed by atoms with Gasteiger partial charge in [-0.05, 0) is 30.7 Å². The second kappa shape index (κ2) is 7.36. The zero-order chi connectivity index (χ0) is 14.3. The zero-order valence-corrected chi connectivity index (χ0v) is 11.6. The first-order chi connectivity index (χ1) is 9.02. The Balaban J connectivity index is 2.56. The summed E-state index contributed by atoms with van der Waals surface area (Å²) in [6.45, 7) is 2.01. The average Bonchev–Trinajstić information content (AvgIpc) is 2.37. The summed E-state index contributed by atoms with van der Waals surface area (Å²) < 4.78 is 4.71. The van der Waals surface area contributed by atoms with Crippen molar-refractivity contribution in [2.24, 2.45) is 0 Å². The van der Waals surface area contributed by atoms with Gasteiger partial charge in [0, 0.05) is 19.8 Å². The summed E-state index contributed by atoms with van der Waals surface area (Å²) >= 11 is 0. The van der Waals surface area contributed by atoms with Crippen LogP contribution in [0.4, 0.5) is 5.69 Å². The highest BCUT2D eigenvalue weighted by Gasteiger charge is 2.06. The van der Waals surface area contributed by atoms with Crippen molar-refractivity contribution in [3.8, 4) is 0 Å². The van der Waals surface area contributed by atoms with Gasteiger partial charge in [-0.15, -0.1) is 0 Å². The van der Waals surface area contributed by atoms with Crippen molar-refractivity contribution in [1.29, 1.82) is 0 Å². The van der Waals surface area contributed by atoms with Crippen LogP contribution in [0.1, 0.15) is 18.9 Å². The first-order valence-corrected chi connectivity index (χ1v) is 6.17. The van der Waals surface area contributed by atoms with E-state index in [1.807, 2.05) is 43.3 Å². The molecule has 1 aromatic rings. The van der Waals surface area contributed by atoms with Crippen molar-refractivity contribution in [2.75, 3.05) is 25.6 Å². The van der Waals surface area contributed by atoms with Gasteiger partial charge in [-0.25, -0.2) is 0 Å². The van der Waals surface area contributed by atoms with Crippen molar-refractivity contribution in [2.45, 2.75) is 13.3 Å². The highest BCUT2D eigenvalue weighted by atomic mass is 16.5. The SMILES string of the molecule is CCOC(=O)CC(=O)C=Cc1ccc(N(C)C)cc1. The molecule has 0 unspecified atom stereocenters. The lowest BCUT2D eigenvalue weighted by molar-refractivity contribution is -0.144. The predicted octanol–water partition coefficient (Wildman–Crippen LogP) is 2.29. The summed E-state index contributed by atoms with van der Waals surface area (Å²) in [5, 5.41) is 0. The fourth-order valence-corrected chi connectivity index (χ4v) is 1.49. The van der Waals surface area contributed by atoms with Crippen LogP contribution in [0.15, 0.2) is 30.3 Å². The van der Waals surface area contributed by atoms with E-state index in [1.165, 1.54) is 6.08 Å². The number of carbonyl (C=O) groups is 2. The van der Waals surface area contributed by atoms with E-state index in [4.69, 9.17) is 4.74 Å². The molecular weight excluding hydrogens is 242 g/mol. The Morgan fingerprint density at radius 3 is 2.37 bits per heavy atom. The summed E-state index contributed by atoms with van der Waals surface area (Å²) in [6.07, 6.45) is 2.89. The minimum absolute atomic E-state index is 0.208. The number of hydrogen-bond acceptors (Lipinski definition) is 4. The van der Waals surface area contributed by atoms with Crippen LogP contribution in [0.3, 0.4) is 0 Å². The quantitative estimate of drug-likeness (QED) is 0.448. The molecular formula is C15H19NO3. The Hall–Kier alpha value is -2.10. The number of carbonyl (C=O) groups excluding carboxylic acids is 2. The molecule has 4 nitrogen and oxygen atoms in total. The van der Waals surface area contributed by atoms with Gasteiger partial charge in [0.2, 0.25) is 0 Å². The van der Waals surface area contributed by atoms with Gasteiger partial charge in [-0.1, -0.05) is 18.2 Å². The van der Waals surface area contributed by atoms with Crippen LogP contribution in [-0.2, 0) is 14.3 Å². The maximum absolute atomic E-state index is 11.5. The molecule has 4 heteroatoms. The molecule has 0 atom stereocenters. The lowest BCUT2D eigenvalue weighted by atomic mass is 10.1. The Morgan fingerprint density at radius 2 is 1.84 bits per heavy atom. The van der Waals surface area contributed by atoms with Crippen molar-refractivity contribution in [3.05, 3.63) is 35.9 Å². The molecule has 19 heavy (non-hydrogen) atoms. The van der Waals surface area contributed by atoms with Crippen molar-refractivity contribution in [3.63, 3.8) is 0 Å². The summed E-state index contributed by atoms with van der Waals surface area (Å²) in [6, 6.07) is 7.78. The average molecular weight is 261 g/mol. The Labute approximate surface area is 113 Å². The minimum atomic E-state index is -0.486. The number of benzene rings is 1. The maximum Gasteiger partial charge on any atom is 0.313 e. The second-order valence-electron chi connectivity index (χ2n) is 4.27. The Bertz CT molecular complexity index is 461. The maximum atomic E-state index is 11.5. The van der Waals surface area contributed by atoms with Crippen LogP contribution in [0.25, 0.3) is 6.08 Å². The van der Waals surface area contributed by atoms with Gasteiger partial charge < -0.3 is 9.64 Å². The molecule has 0 amide bonds. The summed E-state index contributed by atoms with van der Waals surface area (Å²) in [4.78, 5) is 24.6. The van der Waals surface area contributed by atoms with E-state index in [-0.39, 0.29) is 12.2 Å². The largest absolute Gasteiger partial charge is 0.466 e. The van der Waals surface area contributed by atoms with E-state index in [9.17, 15) is 9.59 Å². The molecule has 0 bridgehead atoms. The van der Waals surface area contributed by atoms with E-state index in [0.717, 1.165) is 11.3 Å². The number of hydrogen-bond donors (Lipinski definition) is 0. The summed E-state index contributed by atoms with van der Waals surface area (Å²) in [5.41, 5.74) is 2.01. The molecule has 0 aliphatic carbocycles. The van der Waals surface area contributed by atoms with E-state index in [2.05, 4.69) is 0 Å². The fourth-order valence-electron chi connectivity index (χ4n) is 1.49. The first kappa shape index (κ1) is 15.0. The molecule has 0 N–H and O–H groups in total. The molecule has 0 spiro atoms. The molecule has 102 valence electrons. The third-order valence-electron chi connectivity index (χ3n) is 2.50. The minimum Gasteiger partial charge on any atom is -0.466 e. The molecule has 0 fully saturated rings. The first-order valence-electron chi connectivity index (χ1n) is 6.17. The topological polar surface area (TPSA) is 46.6 Å². The summed E-state index contributed by atoms with van der Waals surface area (Å²) in [7, 11) is 3.93. The second-order valence-corrected chi connectivity index (χ2v) is 4.27. The molecule has 0 radical (unpaired) electrons. The van der Waals surface area contributed by atoms with Crippen molar-refractivity contribution < 1.29 is 14.3 Å². The third kappa shape index (κ3) is 5.38. The van der Waals surface area contributed by atoms with E-state index in [0.29, 0.717) is 6.61 Å². The third-order valence-corrected chi connectivity index (χ3v) is 2.50. The van der Waals surface area contributed by atoms with Crippen LogP contribution in [0, 0.1) is 0 Å². The van der Waals surface area contributed by atoms with E-state index >= 15 is 0 Å². The Kier molecular flexibility index (Phi) is 5.79. The monoisotopic (exact) mass is 261 g/mol. The van der Waals surface area contributed by atoms with Crippen molar-refractivity contribution >= 4 is 23.5 Å². The number of esters is 1. The highest BCUT2D eigenvalue weighted by Crippen LogP contribution is 2.13. The van der Waals surface area contributed by atoms with Gasteiger partial charge in [-0.2, -0.15) is 0 Å². The number of allylic oxidation sites excluding steroid dienone is 1. The normalized spacial score (nSPS) is 10.5. The standard InChI is InChI=1S/C15H19NO3/c1-4-19-15(18)11-14(17)10-7-12-5-8-13(9-6-12)16(2)3/h5-10H,4,11H2,1-3H3. The number of ketones is 1. The van der Waals surface area contributed by atoms with Crippen LogP contribution in [0.2, 0.25) is 0 Å². The molecule has 0 aliphatic rings. The molecule has 0 heterocycles. The van der Waals surface area contributed by atoms with Crippen molar-refractivity contribution in [1.82, 2.24) is 0 Å². The predicted molar refractivity (Wildman–Crippen MR) is 76.1 cm³/mol. The zero-order valence-electron chi connectivity index (χ0n) is 11.6. The summed E-state index contributed by atoms with van der Waals surface area (Å²) in [5.74, 6) is -0.741. The van der Waals surface area contributed by atoms with E-state index < -0.39 is 5.97 Å². The van der Waals surface area contributed by atoms with Crippen LogP contribution in [-0.4, -0.2) is 32.5 Å². The number of nitrogens with zero attached hydrogens (tertiary/aromatic N) is 1. The lowest BCUT2D eigenvalue weighted by Crippen LogP contribution is -2.09. The van der Waals surface area contributed by atoms with Gasteiger partial charge in [0.1, 0.15) is 6.42 Å². The molecule has 0 aromatic heterocycles. The van der Waals surface area contributed by atoms with Crippen LogP contribution >= 0.6 is 0 Å². The molecule has 1 aromatic carbocycles. The number of anilines is 1. The van der Waals surface area contributed by atoms with Gasteiger partial charge in [0.25, 0.3) is 0 Å². The van der Waals surface area contributed by atoms with Gasteiger partial charge >= 0.3 is 5.97 Å². The van der Waals surface area contributed by atoms with Crippen LogP contribution < -0.4 is 4.90 Å². The molecule has 1 rings (SSSR count). The lowest BCUT2D eigenvalue weighted by Gasteiger charge is -2.11. The smallest absolute Gasteiger partial charge is 0.313 e. The number of rotatable bonds is 6. The van der Waals surface area contributed by atoms with Gasteiger partial charge in [-0.3, -0.25) is 9.59 Å². The van der Waals surface area contributed by atoms with Crippen LogP contribution in [0.5, 0.6) is 0 Å². The van der Waals surface area contributed by atoms with Gasteiger partial charge in [0.15, 0.2) is 5.78 Å². The fraction of sp³-hybridized carbons (Fsp3) is 0.333. The molecule has 0 saturated heterocycles. The molecule has 0 aliphatic heterocycles. The Morgan fingerprint density at radius 1 is 1.21 bits per heavy atom. The van der Waals surface area contributed by atoms with Gasteiger partial charge in [0.05, 0.1) is 6.61 Å². The number of ether oxygens (including phenoxy) is 1. The van der Waals surface area contributed by atoms with E-state index in [1.54, 1.807) is 13.0 Å². The highest BCUT2D eigenvalue weighted by molar-refractivity contribution is 6.03. The molecule has 0 saturated carbocycles.